The topological polar surface area (TPSA) is 68.2 Å². The summed E-state index contributed by atoms with van der Waals surface area (Å²) in [7, 11) is 4.57. The van der Waals surface area contributed by atoms with E-state index in [0.717, 1.165) is 29.5 Å². The largest absolute Gasteiger partial charge is 0.504 e. The fourth-order valence-corrected chi connectivity index (χ4v) is 2.88. The molecule has 2 rings (SSSR count). The smallest absolute Gasteiger partial charge is 0.200 e. The predicted molar refractivity (Wildman–Crippen MR) is 97.3 cm³/mol. The normalized spacial score (nSPS) is 10.6. The van der Waals surface area contributed by atoms with E-state index >= 15 is 0 Å². The number of ether oxygens (including phenoxy) is 3. The van der Waals surface area contributed by atoms with Gasteiger partial charge in [0.1, 0.15) is 0 Å². The Morgan fingerprint density at radius 3 is 1.64 bits per heavy atom. The summed E-state index contributed by atoms with van der Waals surface area (Å²) in [4.78, 5) is 0. The standard InChI is InChI=1S/C20H26O5/c1-5-6-13-9-15(19(21)16(10-13)23-2)8-7-14-11-17(24-3)20(22)18(12-14)25-4/h9-12,21-22H,5-8H2,1-4H3. The van der Waals surface area contributed by atoms with Crippen LogP contribution in [-0.2, 0) is 19.3 Å². The van der Waals surface area contributed by atoms with Gasteiger partial charge in [-0.3, -0.25) is 0 Å². The van der Waals surface area contributed by atoms with Crippen LogP contribution in [-0.4, -0.2) is 31.5 Å². The van der Waals surface area contributed by atoms with E-state index in [0.29, 0.717) is 30.1 Å². The highest BCUT2D eigenvalue weighted by molar-refractivity contribution is 5.53. The zero-order chi connectivity index (χ0) is 18.4. The first-order valence-corrected chi connectivity index (χ1v) is 8.36. The number of hydrogen-bond acceptors (Lipinski definition) is 5. The van der Waals surface area contributed by atoms with Crippen molar-refractivity contribution in [1.82, 2.24) is 0 Å². The first-order chi connectivity index (χ1) is 12.0. The van der Waals surface area contributed by atoms with E-state index in [9.17, 15) is 10.2 Å². The van der Waals surface area contributed by atoms with Crippen LogP contribution in [0.3, 0.4) is 0 Å². The van der Waals surface area contributed by atoms with Gasteiger partial charge in [-0.25, -0.2) is 0 Å². The number of benzene rings is 2. The Balaban J connectivity index is 2.27. The Labute approximate surface area is 148 Å². The third-order valence-electron chi connectivity index (χ3n) is 4.19. The third-order valence-corrected chi connectivity index (χ3v) is 4.19. The number of aryl methyl sites for hydroxylation is 3. The fourth-order valence-electron chi connectivity index (χ4n) is 2.88. The van der Waals surface area contributed by atoms with Gasteiger partial charge < -0.3 is 24.4 Å². The van der Waals surface area contributed by atoms with Gasteiger partial charge in [0.05, 0.1) is 21.3 Å². The highest BCUT2D eigenvalue weighted by Crippen LogP contribution is 2.38. The van der Waals surface area contributed by atoms with Gasteiger partial charge in [0.15, 0.2) is 23.0 Å². The summed E-state index contributed by atoms with van der Waals surface area (Å²) in [5, 5.41) is 20.4. The second kappa shape index (κ2) is 8.51. The summed E-state index contributed by atoms with van der Waals surface area (Å²) < 4.78 is 15.7. The van der Waals surface area contributed by atoms with Crippen molar-refractivity contribution in [3.63, 3.8) is 0 Å². The van der Waals surface area contributed by atoms with Crippen LogP contribution in [0.2, 0.25) is 0 Å². The van der Waals surface area contributed by atoms with Crippen LogP contribution in [0.15, 0.2) is 24.3 Å². The summed E-state index contributed by atoms with van der Waals surface area (Å²) in [6, 6.07) is 7.47. The number of phenolic OH excluding ortho intramolecular Hbond substituents is 2. The molecule has 2 aromatic rings. The molecule has 5 heteroatoms. The zero-order valence-electron chi connectivity index (χ0n) is 15.3. The van der Waals surface area contributed by atoms with E-state index in [1.165, 1.54) is 14.2 Å². The fraction of sp³-hybridized carbons (Fsp3) is 0.400. The van der Waals surface area contributed by atoms with Crippen LogP contribution in [0, 0.1) is 0 Å². The Bertz CT molecular complexity index is 699. The number of rotatable bonds is 8. The molecule has 0 saturated heterocycles. The average Bonchev–Trinajstić information content (AvgIpc) is 2.62. The van der Waals surface area contributed by atoms with Crippen LogP contribution in [0.1, 0.15) is 30.0 Å². The minimum Gasteiger partial charge on any atom is -0.504 e. The van der Waals surface area contributed by atoms with Crippen molar-refractivity contribution in [1.29, 1.82) is 0 Å². The third kappa shape index (κ3) is 4.29. The first-order valence-electron chi connectivity index (χ1n) is 8.36. The molecular weight excluding hydrogens is 320 g/mol. The van der Waals surface area contributed by atoms with Crippen molar-refractivity contribution in [2.24, 2.45) is 0 Å². The number of hydrogen-bond donors (Lipinski definition) is 2. The van der Waals surface area contributed by atoms with Crippen molar-refractivity contribution >= 4 is 0 Å². The maximum Gasteiger partial charge on any atom is 0.200 e. The Kier molecular flexibility index (Phi) is 6.39. The quantitative estimate of drug-likeness (QED) is 0.760. The molecule has 2 aromatic carbocycles. The molecule has 0 aliphatic heterocycles. The molecule has 25 heavy (non-hydrogen) atoms. The molecule has 0 saturated carbocycles. The van der Waals surface area contributed by atoms with E-state index in [1.807, 2.05) is 12.1 Å². The lowest BCUT2D eigenvalue weighted by Crippen LogP contribution is -1.98. The second-order valence-corrected chi connectivity index (χ2v) is 5.90. The van der Waals surface area contributed by atoms with Gasteiger partial charge in [-0.05, 0) is 54.2 Å². The molecular formula is C20H26O5. The molecule has 0 amide bonds. The number of phenols is 2. The molecule has 0 fully saturated rings. The van der Waals surface area contributed by atoms with Gasteiger partial charge in [-0.15, -0.1) is 0 Å². The SMILES string of the molecule is CCCc1cc(CCc2cc(OC)c(O)c(OC)c2)c(O)c(OC)c1. The molecule has 0 aliphatic carbocycles. The Hall–Kier alpha value is -2.56. The molecule has 0 radical (unpaired) electrons. The zero-order valence-corrected chi connectivity index (χ0v) is 15.3. The summed E-state index contributed by atoms with van der Waals surface area (Å²) in [6.07, 6.45) is 3.26. The van der Waals surface area contributed by atoms with Crippen LogP contribution >= 0.6 is 0 Å². The molecule has 5 nitrogen and oxygen atoms in total. The molecule has 0 heterocycles. The summed E-state index contributed by atoms with van der Waals surface area (Å²) in [6.45, 7) is 2.12. The summed E-state index contributed by atoms with van der Waals surface area (Å²) in [5.74, 6) is 1.41. The highest BCUT2D eigenvalue weighted by atomic mass is 16.5. The first kappa shape index (κ1) is 18.8. The maximum absolute atomic E-state index is 10.4. The monoisotopic (exact) mass is 346 g/mol. The lowest BCUT2D eigenvalue weighted by molar-refractivity contribution is 0.339. The highest BCUT2D eigenvalue weighted by Gasteiger charge is 2.14. The van der Waals surface area contributed by atoms with E-state index in [-0.39, 0.29) is 11.5 Å². The van der Waals surface area contributed by atoms with Crippen molar-refractivity contribution in [2.45, 2.75) is 32.6 Å². The van der Waals surface area contributed by atoms with Crippen LogP contribution in [0.4, 0.5) is 0 Å². The number of aromatic hydroxyl groups is 2. The van der Waals surface area contributed by atoms with Gasteiger partial charge in [-0.2, -0.15) is 0 Å². The molecule has 0 aromatic heterocycles. The molecule has 136 valence electrons. The van der Waals surface area contributed by atoms with Crippen LogP contribution < -0.4 is 14.2 Å². The summed E-state index contributed by atoms with van der Waals surface area (Å²) >= 11 is 0. The van der Waals surface area contributed by atoms with Gasteiger partial charge in [0, 0.05) is 0 Å². The van der Waals surface area contributed by atoms with Crippen molar-refractivity contribution in [3.8, 4) is 28.7 Å². The minimum atomic E-state index is -0.0109. The number of methoxy groups -OCH3 is 3. The predicted octanol–water partition coefficient (Wildman–Crippen LogP) is 3.86. The maximum atomic E-state index is 10.4. The molecule has 0 aliphatic rings. The van der Waals surface area contributed by atoms with Gasteiger partial charge >= 0.3 is 0 Å². The molecule has 0 unspecified atom stereocenters. The van der Waals surface area contributed by atoms with Crippen molar-refractivity contribution < 1.29 is 24.4 Å². The molecule has 0 bridgehead atoms. The average molecular weight is 346 g/mol. The van der Waals surface area contributed by atoms with Crippen LogP contribution in [0.5, 0.6) is 28.7 Å². The van der Waals surface area contributed by atoms with Gasteiger partial charge in [0.25, 0.3) is 0 Å². The van der Waals surface area contributed by atoms with Crippen molar-refractivity contribution in [2.75, 3.05) is 21.3 Å². The van der Waals surface area contributed by atoms with E-state index in [4.69, 9.17) is 14.2 Å². The van der Waals surface area contributed by atoms with E-state index < -0.39 is 0 Å². The van der Waals surface area contributed by atoms with Crippen LogP contribution in [0.25, 0.3) is 0 Å². The molecule has 0 spiro atoms. The Morgan fingerprint density at radius 2 is 1.16 bits per heavy atom. The van der Waals surface area contributed by atoms with Gasteiger partial charge in [0.2, 0.25) is 5.75 Å². The van der Waals surface area contributed by atoms with E-state index in [1.54, 1.807) is 19.2 Å². The molecule has 2 N–H and O–H groups in total. The van der Waals surface area contributed by atoms with Crippen molar-refractivity contribution in [3.05, 3.63) is 41.0 Å². The Morgan fingerprint density at radius 1 is 0.680 bits per heavy atom. The lowest BCUT2D eigenvalue weighted by atomic mass is 9.99. The minimum absolute atomic E-state index is 0.0109. The lowest BCUT2D eigenvalue weighted by Gasteiger charge is -2.14. The second-order valence-electron chi connectivity index (χ2n) is 5.90. The van der Waals surface area contributed by atoms with Gasteiger partial charge in [-0.1, -0.05) is 19.4 Å². The molecule has 0 atom stereocenters. The van der Waals surface area contributed by atoms with E-state index in [2.05, 4.69) is 6.92 Å². The summed E-state index contributed by atoms with van der Waals surface area (Å²) in [5.41, 5.74) is 2.94.